The average Bonchev–Trinajstić information content (AvgIpc) is 3.39. The van der Waals surface area contributed by atoms with Crippen molar-refractivity contribution in [2.24, 2.45) is 0 Å². The number of nitrogens with zero attached hydrogens (tertiary/aromatic N) is 2. The van der Waals surface area contributed by atoms with Crippen LogP contribution in [0, 0.1) is 0 Å². The molecule has 5 nitrogen and oxygen atoms in total. The van der Waals surface area contributed by atoms with Crippen LogP contribution in [0.1, 0.15) is 41.7 Å². The molecule has 4 rings (SSSR count). The van der Waals surface area contributed by atoms with Crippen molar-refractivity contribution in [3.63, 3.8) is 0 Å². The molecule has 29 heavy (non-hydrogen) atoms. The van der Waals surface area contributed by atoms with Crippen LogP contribution in [0.15, 0.2) is 59.1 Å². The Morgan fingerprint density at radius 2 is 1.97 bits per heavy atom. The molecule has 1 aliphatic heterocycles. The summed E-state index contributed by atoms with van der Waals surface area (Å²) in [5.74, 6) is 2.13. The fourth-order valence-electron chi connectivity index (χ4n) is 3.82. The summed E-state index contributed by atoms with van der Waals surface area (Å²) in [6.45, 7) is 0.709. The highest BCUT2D eigenvalue weighted by Crippen LogP contribution is 2.33. The number of likely N-dealkylation sites (tertiary alicyclic amines) is 1. The van der Waals surface area contributed by atoms with Crippen molar-refractivity contribution < 1.29 is 13.9 Å². The molecule has 1 aromatic heterocycles. The maximum absolute atomic E-state index is 13.0. The van der Waals surface area contributed by atoms with E-state index in [-0.39, 0.29) is 11.9 Å². The number of benzene rings is 2. The second-order valence-corrected chi connectivity index (χ2v) is 7.57. The van der Waals surface area contributed by atoms with E-state index in [2.05, 4.69) is 4.98 Å². The molecule has 0 bridgehead atoms. The monoisotopic (exact) mass is 410 g/mol. The number of aromatic nitrogens is 1. The molecule has 0 radical (unpaired) electrons. The molecule has 1 atom stereocenters. The molecule has 0 N–H and O–H groups in total. The lowest BCUT2D eigenvalue weighted by molar-refractivity contribution is -0.131. The number of amides is 1. The van der Waals surface area contributed by atoms with Gasteiger partial charge in [0.1, 0.15) is 17.6 Å². The van der Waals surface area contributed by atoms with Gasteiger partial charge in [-0.2, -0.15) is 0 Å². The summed E-state index contributed by atoms with van der Waals surface area (Å²) in [5.41, 5.74) is 1.88. The maximum Gasteiger partial charge on any atom is 0.227 e. The van der Waals surface area contributed by atoms with Crippen molar-refractivity contribution in [3.05, 3.63) is 82.5 Å². The number of carbonyl (C=O) groups is 1. The summed E-state index contributed by atoms with van der Waals surface area (Å²) in [6.07, 6.45) is 4.40. The van der Waals surface area contributed by atoms with Crippen LogP contribution in [0.2, 0.25) is 5.02 Å². The van der Waals surface area contributed by atoms with Gasteiger partial charge in [0, 0.05) is 23.6 Å². The van der Waals surface area contributed by atoms with Crippen LogP contribution < -0.4 is 4.74 Å². The molecule has 1 aliphatic rings. The summed E-state index contributed by atoms with van der Waals surface area (Å²) < 4.78 is 11.4. The Hall–Kier alpha value is -2.79. The zero-order chi connectivity index (χ0) is 20.2. The van der Waals surface area contributed by atoms with E-state index >= 15 is 0 Å². The number of hydrogen-bond donors (Lipinski definition) is 0. The zero-order valence-electron chi connectivity index (χ0n) is 16.3. The van der Waals surface area contributed by atoms with Gasteiger partial charge in [-0.15, -0.1) is 0 Å². The van der Waals surface area contributed by atoms with E-state index in [1.54, 1.807) is 13.3 Å². The first-order chi connectivity index (χ1) is 14.2. The molecule has 1 saturated heterocycles. The van der Waals surface area contributed by atoms with Gasteiger partial charge < -0.3 is 14.1 Å². The van der Waals surface area contributed by atoms with Gasteiger partial charge >= 0.3 is 0 Å². The summed E-state index contributed by atoms with van der Waals surface area (Å²) in [4.78, 5) is 19.3. The molecule has 1 amide bonds. The van der Waals surface area contributed by atoms with Gasteiger partial charge in [0.25, 0.3) is 0 Å². The van der Waals surface area contributed by atoms with E-state index < -0.39 is 0 Å². The van der Waals surface area contributed by atoms with E-state index in [4.69, 9.17) is 20.8 Å². The highest BCUT2D eigenvalue weighted by Gasteiger charge is 2.33. The molecule has 6 heteroatoms. The number of ether oxygens (including phenoxy) is 1. The predicted molar refractivity (Wildman–Crippen MR) is 111 cm³/mol. The van der Waals surface area contributed by atoms with Gasteiger partial charge in [-0.3, -0.25) is 4.79 Å². The van der Waals surface area contributed by atoms with Crippen LogP contribution in [0.5, 0.6) is 5.75 Å². The Bertz CT molecular complexity index is 1000. The van der Waals surface area contributed by atoms with Crippen LogP contribution >= 0.6 is 11.6 Å². The smallest absolute Gasteiger partial charge is 0.227 e. The minimum atomic E-state index is -0.128. The zero-order valence-corrected chi connectivity index (χ0v) is 17.1. The van der Waals surface area contributed by atoms with Crippen LogP contribution in [-0.4, -0.2) is 29.4 Å². The number of carbonyl (C=O) groups excluding carboxylic acids is 1. The molecule has 0 aliphatic carbocycles. The van der Waals surface area contributed by atoms with Crippen molar-refractivity contribution in [2.45, 2.75) is 31.7 Å². The standard InChI is InChI=1S/C23H23ClN2O3/c1-28-21-11-5-3-8-17(21)14-22(27)26-12-6-10-20(26)23-25-15-18(29-23)13-16-7-2-4-9-19(16)24/h2-5,7-9,11,15,20H,6,10,12-14H2,1H3/t20-/m1/s1. The molecule has 3 aromatic rings. The number of methoxy groups -OCH3 is 1. The van der Waals surface area contributed by atoms with Crippen molar-refractivity contribution in [3.8, 4) is 5.75 Å². The molecule has 0 unspecified atom stereocenters. The van der Waals surface area contributed by atoms with Crippen LogP contribution in [0.4, 0.5) is 0 Å². The van der Waals surface area contributed by atoms with Crippen molar-refractivity contribution >= 4 is 17.5 Å². The summed E-state index contributed by atoms with van der Waals surface area (Å²) >= 11 is 6.25. The fraction of sp³-hybridized carbons (Fsp3) is 0.304. The molecular weight excluding hydrogens is 388 g/mol. The molecule has 0 spiro atoms. The summed E-state index contributed by atoms with van der Waals surface area (Å²) in [7, 11) is 1.62. The molecular formula is C23H23ClN2O3. The minimum Gasteiger partial charge on any atom is -0.496 e. The van der Waals surface area contributed by atoms with Crippen molar-refractivity contribution in [1.29, 1.82) is 0 Å². The fourth-order valence-corrected chi connectivity index (χ4v) is 4.03. The first kappa shape index (κ1) is 19.5. The number of hydrogen-bond acceptors (Lipinski definition) is 4. The van der Waals surface area contributed by atoms with Gasteiger partial charge in [0.05, 0.1) is 19.7 Å². The van der Waals surface area contributed by atoms with Gasteiger partial charge in [-0.05, 0) is 30.5 Å². The molecule has 2 heterocycles. The number of halogens is 1. The number of rotatable bonds is 6. The first-order valence-electron chi connectivity index (χ1n) is 9.75. The third kappa shape index (κ3) is 4.30. The van der Waals surface area contributed by atoms with Crippen LogP contribution in [-0.2, 0) is 17.6 Å². The Kier molecular flexibility index (Phi) is 5.86. The Morgan fingerprint density at radius 1 is 1.21 bits per heavy atom. The first-order valence-corrected chi connectivity index (χ1v) is 10.1. The lowest BCUT2D eigenvalue weighted by Gasteiger charge is -2.23. The molecule has 2 aromatic carbocycles. The Labute approximate surface area is 175 Å². The second kappa shape index (κ2) is 8.70. The number of oxazole rings is 1. The average molecular weight is 411 g/mol. The topological polar surface area (TPSA) is 55.6 Å². The van der Waals surface area contributed by atoms with E-state index in [1.807, 2.05) is 53.4 Å². The summed E-state index contributed by atoms with van der Waals surface area (Å²) in [6, 6.07) is 15.2. The SMILES string of the molecule is COc1ccccc1CC(=O)N1CCC[C@@H]1c1ncc(Cc2ccccc2Cl)o1. The van der Waals surface area contributed by atoms with E-state index in [0.29, 0.717) is 30.3 Å². The Balaban J connectivity index is 1.48. The minimum absolute atomic E-state index is 0.0582. The lowest BCUT2D eigenvalue weighted by Crippen LogP contribution is -2.32. The highest BCUT2D eigenvalue weighted by molar-refractivity contribution is 6.31. The van der Waals surface area contributed by atoms with Gasteiger partial charge in [-0.1, -0.05) is 48.0 Å². The lowest BCUT2D eigenvalue weighted by atomic mass is 10.1. The van der Waals surface area contributed by atoms with Crippen LogP contribution in [0.25, 0.3) is 0 Å². The van der Waals surface area contributed by atoms with Crippen molar-refractivity contribution in [1.82, 2.24) is 9.88 Å². The van der Waals surface area contributed by atoms with Crippen LogP contribution in [0.3, 0.4) is 0 Å². The third-order valence-corrected chi connectivity index (χ3v) is 5.66. The second-order valence-electron chi connectivity index (χ2n) is 7.17. The normalized spacial score (nSPS) is 16.2. The highest BCUT2D eigenvalue weighted by atomic mass is 35.5. The third-order valence-electron chi connectivity index (χ3n) is 5.29. The van der Waals surface area contributed by atoms with E-state index in [9.17, 15) is 4.79 Å². The van der Waals surface area contributed by atoms with Gasteiger partial charge in [-0.25, -0.2) is 4.98 Å². The quantitative estimate of drug-likeness (QED) is 0.583. The largest absolute Gasteiger partial charge is 0.496 e. The molecule has 0 saturated carbocycles. The predicted octanol–water partition coefficient (Wildman–Crippen LogP) is 4.83. The van der Waals surface area contributed by atoms with Gasteiger partial charge in [0.15, 0.2) is 0 Å². The number of para-hydroxylation sites is 1. The van der Waals surface area contributed by atoms with Crippen molar-refractivity contribution in [2.75, 3.05) is 13.7 Å². The van der Waals surface area contributed by atoms with E-state index in [0.717, 1.165) is 35.5 Å². The van der Waals surface area contributed by atoms with Gasteiger partial charge in [0.2, 0.25) is 11.8 Å². The molecule has 150 valence electrons. The van der Waals surface area contributed by atoms with E-state index in [1.165, 1.54) is 0 Å². The maximum atomic E-state index is 13.0. The molecule has 1 fully saturated rings. The summed E-state index contributed by atoms with van der Waals surface area (Å²) in [5, 5.41) is 0.708. The Morgan fingerprint density at radius 3 is 2.76 bits per heavy atom.